The van der Waals surface area contributed by atoms with E-state index in [-0.39, 0.29) is 30.4 Å². The predicted octanol–water partition coefficient (Wildman–Crippen LogP) is -2.37. The van der Waals surface area contributed by atoms with Gasteiger partial charge in [-0.15, -0.1) is 0 Å². The Bertz CT molecular complexity index is 282. The second kappa shape index (κ2) is 11.4. The zero-order valence-electron chi connectivity index (χ0n) is 14.8. The van der Waals surface area contributed by atoms with E-state index in [9.17, 15) is 9.90 Å². The van der Waals surface area contributed by atoms with Crippen LogP contribution in [0, 0.1) is 11.8 Å². The summed E-state index contributed by atoms with van der Waals surface area (Å²) in [7, 11) is 0. The maximum Gasteiger partial charge on any atom is 0.103 e. The minimum Gasteiger partial charge on any atom is -1.00 e. The normalized spacial score (nSPS) is 23.4. The first-order chi connectivity index (χ1) is 11.0. The van der Waals surface area contributed by atoms with E-state index < -0.39 is 12.1 Å². The van der Waals surface area contributed by atoms with Crippen LogP contribution in [0.5, 0.6) is 0 Å². The second-order valence-corrected chi connectivity index (χ2v) is 7.11. The zero-order valence-corrected chi connectivity index (χ0v) is 17.0. The number of aliphatic hydroxyl groups is 1. The van der Waals surface area contributed by atoms with Crippen molar-refractivity contribution in [3.8, 4) is 0 Å². The van der Waals surface area contributed by atoms with Crippen LogP contribution in [-0.2, 0) is 4.79 Å². The van der Waals surface area contributed by atoms with Gasteiger partial charge in [-0.3, -0.25) is 9.80 Å². The largest absolute Gasteiger partial charge is 1.00 e. The van der Waals surface area contributed by atoms with Gasteiger partial charge in [-0.2, -0.15) is 0 Å². The summed E-state index contributed by atoms with van der Waals surface area (Å²) in [5.41, 5.74) is 0. The molecule has 138 valence electrons. The maximum absolute atomic E-state index is 9.54. The van der Waals surface area contributed by atoms with Gasteiger partial charge in [0, 0.05) is 51.7 Å². The third-order valence-corrected chi connectivity index (χ3v) is 5.15. The average Bonchev–Trinajstić information content (AvgIpc) is 2.58. The van der Waals surface area contributed by atoms with Gasteiger partial charge in [0.2, 0.25) is 0 Å². The molecule has 1 N–H and O–H groups in total. The molecule has 0 aromatic carbocycles. The first kappa shape index (κ1) is 21.9. The Morgan fingerprint density at radius 1 is 0.917 bits per heavy atom. The number of carbonyl (C=O) groups is 1. The quantitative estimate of drug-likeness (QED) is 0.377. The van der Waals surface area contributed by atoms with Gasteiger partial charge in [0.15, 0.2) is 0 Å². The van der Waals surface area contributed by atoms with E-state index >= 15 is 0 Å². The Kier molecular flexibility index (Phi) is 10.4. The molecule has 0 amide bonds. The number of rotatable bonds is 2. The summed E-state index contributed by atoms with van der Waals surface area (Å²) >= 11 is 0. The highest BCUT2D eigenvalue weighted by Gasteiger charge is 2.34. The van der Waals surface area contributed by atoms with Gasteiger partial charge in [-0.1, -0.05) is 0 Å². The molecule has 0 spiro atoms. The van der Waals surface area contributed by atoms with Crippen molar-refractivity contribution in [1.29, 1.82) is 0 Å². The molecule has 0 aromatic rings. The number of hydrogen-bond donors (Lipinski definition) is 1. The van der Waals surface area contributed by atoms with E-state index in [1.807, 2.05) is 11.8 Å². The number of carbonyl (C=O) groups excluding carboxylic acids is 1. The molecule has 6 heterocycles. The van der Waals surface area contributed by atoms with E-state index in [4.69, 9.17) is 5.11 Å². The van der Waals surface area contributed by atoms with Gasteiger partial charge < -0.3 is 39.0 Å². The summed E-state index contributed by atoms with van der Waals surface area (Å²) in [6.45, 7) is 9.54. The van der Waals surface area contributed by atoms with Crippen LogP contribution in [0.2, 0.25) is 0 Å². The van der Waals surface area contributed by atoms with E-state index in [0.29, 0.717) is 0 Å². The lowest BCUT2D eigenvalue weighted by atomic mass is 9.89. The lowest BCUT2D eigenvalue weighted by Crippen LogP contribution is -3.00. The van der Waals surface area contributed by atoms with Crippen molar-refractivity contribution < 1.29 is 39.0 Å². The van der Waals surface area contributed by atoms with Crippen LogP contribution in [0.4, 0.5) is 0 Å². The SMILES string of the molecule is C1CN2CC[C+]1CC2.C1CN2CC[C+]1CC2.C[C@@H](O)CC(=O)[O-].[I-]. The molecule has 6 saturated heterocycles. The van der Waals surface area contributed by atoms with Crippen molar-refractivity contribution in [2.45, 2.75) is 58.0 Å². The molecule has 1 atom stereocenters. The molecule has 6 rings (SSSR count). The van der Waals surface area contributed by atoms with Crippen LogP contribution < -0.4 is 29.1 Å². The minimum absolute atomic E-state index is 0. The first-order valence-corrected chi connectivity index (χ1v) is 9.02. The fourth-order valence-corrected chi connectivity index (χ4v) is 3.56. The number of carboxylic acid groups (broad SMARTS) is 1. The molecule has 0 saturated carbocycles. The molecule has 0 unspecified atom stereocenters. The fourth-order valence-electron chi connectivity index (χ4n) is 3.56. The fraction of sp³-hybridized carbons (Fsp3) is 0.833. The number of piperidine rings is 6. The minimum atomic E-state index is -1.21. The van der Waals surface area contributed by atoms with Crippen LogP contribution in [0.1, 0.15) is 51.9 Å². The van der Waals surface area contributed by atoms with Gasteiger partial charge in [-0.25, -0.2) is 0 Å². The molecule has 24 heavy (non-hydrogen) atoms. The van der Waals surface area contributed by atoms with Crippen molar-refractivity contribution in [2.75, 3.05) is 39.3 Å². The van der Waals surface area contributed by atoms with Crippen molar-refractivity contribution in [3.05, 3.63) is 11.8 Å². The molecular formula is C18H31IN2O3. The molecule has 6 heteroatoms. The number of nitrogens with zero attached hydrogens (tertiary/aromatic N) is 2. The van der Waals surface area contributed by atoms with Crippen LogP contribution in [0.15, 0.2) is 0 Å². The summed E-state index contributed by atoms with van der Waals surface area (Å²) in [6.07, 6.45) is 7.35. The van der Waals surface area contributed by atoms with Gasteiger partial charge in [0.25, 0.3) is 0 Å². The zero-order chi connectivity index (χ0) is 16.7. The topological polar surface area (TPSA) is 66.8 Å². The number of halogens is 1. The molecule has 6 aliphatic heterocycles. The van der Waals surface area contributed by atoms with Gasteiger partial charge >= 0.3 is 0 Å². The van der Waals surface area contributed by atoms with Crippen molar-refractivity contribution >= 4 is 5.97 Å². The molecule has 6 aliphatic rings. The lowest BCUT2D eigenvalue weighted by molar-refractivity contribution is -0.307. The first-order valence-electron chi connectivity index (χ1n) is 9.02. The summed E-state index contributed by atoms with van der Waals surface area (Å²) in [5.74, 6) is 2.44. The van der Waals surface area contributed by atoms with Crippen molar-refractivity contribution in [2.24, 2.45) is 0 Å². The standard InChI is InChI=1S/2C7H12N.C4H8O3.HI/c2*1-4-8-5-2-7(1)3-6-8;1-3(5)2-4(6)7;/h2*1-6H2;3,5H,2H2,1H3,(H,6,7);1H/q2*+1;;/p-2/t;;3-;/m..1./s1. The molecule has 6 fully saturated rings. The summed E-state index contributed by atoms with van der Waals surface area (Å²) in [6, 6.07) is 0. The van der Waals surface area contributed by atoms with Crippen molar-refractivity contribution in [3.63, 3.8) is 0 Å². The number of carboxylic acids is 1. The van der Waals surface area contributed by atoms with Crippen LogP contribution in [-0.4, -0.2) is 66.2 Å². The molecule has 0 aromatic heterocycles. The van der Waals surface area contributed by atoms with Gasteiger partial charge in [0.05, 0.1) is 17.9 Å². The van der Waals surface area contributed by atoms with E-state index in [2.05, 4.69) is 9.80 Å². The number of hydrogen-bond acceptors (Lipinski definition) is 5. The summed E-state index contributed by atoms with van der Waals surface area (Å²) in [4.78, 5) is 14.7. The number of aliphatic carboxylic acids is 1. The lowest BCUT2D eigenvalue weighted by Gasteiger charge is -2.31. The Morgan fingerprint density at radius 3 is 1.25 bits per heavy atom. The van der Waals surface area contributed by atoms with Gasteiger partial charge in [-0.05, 0) is 6.92 Å². The molecular weight excluding hydrogens is 419 g/mol. The molecule has 5 nitrogen and oxygen atoms in total. The third-order valence-electron chi connectivity index (χ3n) is 5.15. The average molecular weight is 450 g/mol. The molecule has 0 aliphatic carbocycles. The molecule has 4 bridgehead atoms. The van der Waals surface area contributed by atoms with E-state index in [0.717, 1.165) is 0 Å². The second-order valence-electron chi connectivity index (χ2n) is 7.11. The predicted molar refractivity (Wildman–Crippen MR) is 88.4 cm³/mol. The van der Waals surface area contributed by atoms with Crippen LogP contribution >= 0.6 is 0 Å². The molecule has 0 radical (unpaired) electrons. The Morgan fingerprint density at radius 2 is 1.21 bits per heavy atom. The van der Waals surface area contributed by atoms with Crippen LogP contribution in [0.25, 0.3) is 0 Å². The smallest absolute Gasteiger partial charge is 0.103 e. The van der Waals surface area contributed by atoms with Gasteiger partial charge in [0.1, 0.15) is 38.5 Å². The number of aliphatic hydroxyl groups excluding tert-OH is 1. The van der Waals surface area contributed by atoms with E-state index in [1.165, 1.54) is 84.7 Å². The summed E-state index contributed by atoms with van der Waals surface area (Å²) in [5, 5.41) is 17.8. The highest BCUT2D eigenvalue weighted by atomic mass is 127. The Hall–Kier alpha value is -0.180. The number of fused-ring (bicyclic) bond motifs is 6. The Labute approximate surface area is 163 Å². The third kappa shape index (κ3) is 8.27. The Balaban J connectivity index is 0.000000177. The maximum atomic E-state index is 9.54. The highest BCUT2D eigenvalue weighted by molar-refractivity contribution is 5.64. The van der Waals surface area contributed by atoms with Crippen LogP contribution in [0.3, 0.4) is 0 Å². The monoisotopic (exact) mass is 450 g/mol. The van der Waals surface area contributed by atoms with E-state index in [1.54, 1.807) is 0 Å². The summed E-state index contributed by atoms with van der Waals surface area (Å²) < 4.78 is 0. The van der Waals surface area contributed by atoms with Crippen molar-refractivity contribution in [1.82, 2.24) is 9.80 Å². The highest BCUT2D eigenvalue weighted by Crippen LogP contribution is 2.28.